The van der Waals surface area contributed by atoms with Gasteiger partial charge in [0.25, 0.3) is 6.71 Å². The molecule has 5 aromatic rings. The molecule has 3 heterocycles. The number of hydrogen-bond donors (Lipinski definition) is 0. The molecule has 4 aromatic carbocycles. The van der Waals surface area contributed by atoms with Crippen molar-refractivity contribution in [2.75, 3.05) is 0 Å². The molecular formula is C30H20BNO2. The van der Waals surface area contributed by atoms with Gasteiger partial charge in [0.15, 0.2) is 0 Å². The molecule has 0 N–H and O–H groups in total. The SMILES string of the molecule is Cc1ccccc1-c1ccnc(-c2cccc3c2Oc2cccc4c2B3c2ccccc2O4)c1. The van der Waals surface area contributed by atoms with Gasteiger partial charge in [-0.1, -0.05) is 60.7 Å². The molecule has 4 heteroatoms. The van der Waals surface area contributed by atoms with Crippen molar-refractivity contribution in [1.82, 2.24) is 4.98 Å². The number of benzene rings is 4. The van der Waals surface area contributed by atoms with Gasteiger partial charge in [-0.25, -0.2) is 0 Å². The molecule has 160 valence electrons. The summed E-state index contributed by atoms with van der Waals surface area (Å²) in [5, 5.41) is 0. The van der Waals surface area contributed by atoms with Crippen LogP contribution in [-0.4, -0.2) is 11.7 Å². The van der Waals surface area contributed by atoms with Crippen molar-refractivity contribution in [2.24, 2.45) is 0 Å². The van der Waals surface area contributed by atoms with Crippen LogP contribution in [0.25, 0.3) is 22.4 Å². The van der Waals surface area contributed by atoms with Crippen molar-refractivity contribution in [3.63, 3.8) is 0 Å². The van der Waals surface area contributed by atoms with Gasteiger partial charge in [0.05, 0.1) is 5.69 Å². The summed E-state index contributed by atoms with van der Waals surface area (Å²) >= 11 is 0. The van der Waals surface area contributed by atoms with Crippen LogP contribution in [-0.2, 0) is 0 Å². The Kier molecular flexibility index (Phi) is 4.15. The number of nitrogens with zero attached hydrogens (tertiary/aromatic N) is 1. The van der Waals surface area contributed by atoms with Crippen LogP contribution in [0.5, 0.6) is 23.0 Å². The lowest BCUT2D eigenvalue weighted by Gasteiger charge is -2.33. The third-order valence-corrected chi connectivity index (χ3v) is 6.83. The Bertz CT molecular complexity index is 1590. The molecule has 0 radical (unpaired) electrons. The molecule has 0 spiro atoms. The third kappa shape index (κ3) is 2.82. The van der Waals surface area contributed by atoms with Gasteiger partial charge in [-0.3, -0.25) is 4.98 Å². The van der Waals surface area contributed by atoms with Crippen LogP contribution in [0.2, 0.25) is 0 Å². The Morgan fingerprint density at radius 2 is 1.35 bits per heavy atom. The van der Waals surface area contributed by atoms with Gasteiger partial charge in [-0.2, -0.15) is 0 Å². The van der Waals surface area contributed by atoms with Crippen LogP contribution in [0.1, 0.15) is 5.56 Å². The van der Waals surface area contributed by atoms with Gasteiger partial charge in [0.2, 0.25) is 0 Å². The average molecular weight is 437 g/mol. The molecule has 0 fully saturated rings. The summed E-state index contributed by atoms with van der Waals surface area (Å²) in [5.41, 5.74) is 8.88. The lowest BCUT2D eigenvalue weighted by Crippen LogP contribution is -2.57. The summed E-state index contributed by atoms with van der Waals surface area (Å²) in [6.07, 6.45) is 1.88. The predicted molar refractivity (Wildman–Crippen MR) is 138 cm³/mol. The van der Waals surface area contributed by atoms with E-state index in [2.05, 4.69) is 73.7 Å². The van der Waals surface area contributed by atoms with E-state index in [0.717, 1.165) is 56.2 Å². The number of aryl methyl sites for hydroxylation is 1. The second kappa shape index (κ2) is 7.36. The molecule has 0 aliphatic carbocycles. The van der Waals surface area contributed by atoms with Crippen molar-refractivity contribution in [2.45, 2.75) is 6.92 Å². The Morgan fingerprint density at radius 1 is 0.647 bits per heavy atom. The zero-order valence-corrected chi connectivity index (χ0v) is 18.7. The van der Waals surface area contributed by atoms with E-state index < -0.39 is 0 Å². The van der Waals surface area contributed by atoms with E-state index in [1.165, 1.54) is 11.1 Å². The van der Waals surface area contributed by atoms with E-state index in [1.54, 1.807) is 0 Å². The summed E-state index contributed by atoms with van der Waals surface area (Å²) in [5.74, 6) is 3.46. The molecule has 0 amide bonds. The first-order valence-corrected chi connectivity index (χ1v) is 11.5. The zero-order valence-electron chi connectivity index (χ0n) is 18.7. The van der Waals surface area contributed by atoms with Crippen molar-refractivity contribution < 1.29 is 9.47 Å². The molecule has 7 rings (SSSR count). The molecule has 0 saturated carbocycles. The maximum absolute atomic E-state index is 6.57. The van der Waals surface area contributed by atoms with E-state index in [-0.39, 0.29) is 6.71 Å². The number of ether oxygens (including phenoxy) is 2. The Morgan fingerprint density at radius 3 is 2.26 bits per heavy atom. The van der Waals surface area contributed by atoms with Gasteiger partial charge >= 0.3 is 0 Å². The van der Waals surface area contributed by atoms with E-state index in [4.69, 9.17) is 14.5 Å². The molecule has 34 heavy (non-hydrogen) atoms. The molecule has 2 aliphatic rings. The predicted octanol–water partition coefficient (Wildman–Crippen LogP) is 5.45. The highest BCUT2D eigenvalue weighted by Crippen LogP contribution is 2.39. The minimum absolute atomic E-state index is 0.0550. The standard InChI is InChI=1S/C30H20BNO2/c1-19-8-2-3-9-21(19)20-16-17-32-25(18-20)22-10-6-12-24-30(22)34-28-15-7-14-27-29(28)31(24)23-11-4-5-13-26(23)33-27/h2-18H,1H3. The van der Waals surface area contributed by atoms with E-state index in [0.29, 0.717) is 0 Å². The first kappa shape index (κ1) is 19.2. The normalized spacial score (nSPS) is 12.7. The van der Waals surface area contributed by atoms with Crippen molar-refractivity contribution in [3.8, 4) is 45.4 Å². The average Bonchev–Trinajstić information content (AvgIpc) is 2.88. The summed E-state index contributed by atoms with van der Waals surface area (Å²) in [6.45, 7) is 2.19. The molecule has 0 saturated heterocycles. The van der Waals surface area contributed by atoms with Crippen molar-refractivity contribution in [1.29, 1.82) is 0 Å². The quantitative estimate of drug-likeness (QED) is 0.337. The Labute approximate surface area is 198 Å². The van der Waals surface area contributed by atoms with Gasteiger partial charge < -0.3 is 9.47 Å². The maximum Gasteiger partial charge on any atom is 0.260 e. The Balaban J connectivity index is 1.43. The summed E-state index contributed by atoms with van der Waals surface area (Å²) in [6, 6.07) is 33.4. The monoisotopic (exact) mass is 437 g/mol. The van der Waals surface area contributed by atoms with Crippen LogP contribution in [0, 0.1) is 6.92 Å². The molecule has 0 bridgehead atoms. The lowest BCUT2D eigenvalue weighted by atomic mass is 9.34. The number of pyridine rings is 1. The van der Waals surface area contributed by atoms with Crippen molar-refractivity contribution in [3.05, 3.63) is 109 Å². The van der Waals surface area contributed by atoms with Crippen molar-refractivity contribution >= 4 is 23.1 Å². The number of aromatic nitrogens is 1. The van der Waals surface area contributed by atoms with E-state index >= 15 is 0 Å². The first-order chi connectivity index (χ1) is 16.8. The number of hydrogen-bond acceptors (Lipinski definition) is 3. The highest BCUT2D eigenvalue weighted by Gasteiger charge is 2.40. The molecule has 0 unspecified atom stereocenters. The number of fused-ring (bicyclic) bond motifs is 4. The fourth-order valence-corrected chi connectivity index (χ4v) is 5.25. The van der Waals surface area contributed by atoms with Gasteiger partial charge in [0.1, 0.15) is 23.0 Å². The molecule has 1 aromatic heterocycles. The number of para-hydroxylation sites is 2. The van der Waals surface area contributed by atoms with Crippen LogP contribution < -0.4 is 25.9 Å². The van der Waals surface area contributed by atoms with Gasteiger partial charge in [-0.15, -0.1) is 0 Å². The minimum Gasteiger partial charge on any atom is -0.458 e. The zero-order chi connectivity index (χ0) is 22.6. The summed E-state index contributed by atoms with van der Waals surface area (Å²) < 4.78 is 12.8. The maximum atomic E-state index is 6.57. The summed E-state index contributed by atoms with van der Waals surface area (Å²) in [7, 11) is 0. The second-order valence-electron chi connectivity index (χ2n) is 8.81. The largest absolute Gasteiger partial charge is 0.458 e. The molecule has 0 atom stereocenters. The van der Waals surface area contributed by atoms with Crippen LogP contribution >= 0.6 is 0 Å². The minimum atomic E-state index is 0.0550. The van der Waals surface area contributed by atoms with E-state index in [1.807, 2.05) is 36.5 Å². The van der Waals surface area contributed by atoms with Crippen LogP contribution in [0.15, 0.2) is 103 Å². The fourth-order valence-electron chi connectivity index (χ4n) is 5.25. The molecular weight excluding hydrogens is 417 g/mol. The lowest BCUT2D eigenvalue weighted by molar-refractivity contribution is 0.465. The van der Waals surface area contributed by atoms with Gasteiger partial charge in [-0.05, 0) is 70.9 Å². The molecule has 3 nitrogen and oxygen atoms in total. The topological polar surface area (TPSA) is 31.4 Å². The van der Waals surface area contributed by atoms with Crippen LogP contribution in [0.4, 0.5) is 0 Å². The van der Waals surface area contributed by atoms with Gasteiger partial charge in [0, 0.05) is 17.2 Å². The first-order valence-electron chi connectivity index (χ1n) is 11.5. The van der Waals surface area contributed by atoms with Crippen LogP contribution in [0.3, 0.4) is 0 Å². The fraction of sp³-hybridized carbons (Fsp3) is 0.0333. The Hall–Kier alpha value is -4.31. The number of rotatable bonds is 2. The highest BCUT2D eigenvalue weighted by molar-refractivity contribution is 6.98. The second-order valence-corrected chi connectivity index (χ2v) is 8.81. The molecule has 2 aliphatic heterocycles. The van der Waals surface area contributed by atoms with E-state index in [9.17, 15) is 0 Å². The smallest absolute Gasteiger partial charge is 0.260 e. The summed E-state index contributed by atoms with van der Waals surface area (Å²) in [4.78, 5) is 4.75. The third-order valence-electron chi connectivity index (χ3n) is 6.83. The highest BCUT2D eigenvalue weighted by atomic mass is 16.5.